The Morgan fingerprint density at radius 3 is 1.28 bits per heavy atom. The summed E-state index contributed by atoms with van der Waals surface area (Å²) in [5, 5.41) is 0. The van der Waals surface area contributed by atoms with Crippen molar-refractivity contribution in [2.24, 2.45) is 0 Å². The van der Waals surface area contributed by atoms with E-state index < -0.39 is 6.10 Å². The van der Waals surface area contributed by atoms with Crippen molar-refractivity contribution >= 4 is 17.9 Å². The average Bonchev–Trinajstić information content (AvgIpc) is 3.26. The smallest absolute Gasteiger partial charge is 0.306 e. The van der Waals surface area contributed by atoms with E-state index in [4.69, 9.17) is 14.2 Å². The normalized spacial score (nSPS) is 13.2. The predicted molar refractivity (Wildman–Crippen MR) is 260 cm³/mol. The maximum atomic E-state index is 12.7. The Morgan fingerprint density at radius 2 is 0.738 bits per heavy atom. The minimum Gasteiger partial charge on any atom is -0.462 e. The number of allylic oxidation sites excluding steroid dienone is 20. The second-order valence-electron chi connectivity index (χ2n) is 15.4. The molecular weight excluding hydrogens is 757 g/mol. The van der Waals surface area contributed by atoms with E-state index in [-0.39, 0.29) is 44.0 Å². The molecule has 0 fully saturated rings. The van der Waals surface area contributed by atoms with E-state index in [1.165, 1.54) is 51.4 Å². The van der Waals surface area contributed by atoms with E-state index in [2.05, 4.69) is 93.7 Å². The van der Waals surface area contributed by atoms with Gasteiger partial charge in [0.25, 0.3) is 0 Å². The number of carbonyl (C=O) groups is 3. The third-order valence-corrected chi connectivity index (χ3v) is 9.56. The highest BCUT2D eigenvalue weighted by atomic mass is 16.6. The molecule has 342 valence electrons. The van der Waals surface area contributed by atoms with E-state index >= 15 is 0 Å². The molecule has 0 saturated heterocycles. The van der Waals surface area contributed by atoms with Crippen molar-refractivity contribution < 1.29 is 28.6 Å². The Balaban J connectivity index is 4.53. The summed E-state index contributed by atoms with van der Waals surface area (Å²) in [6.07, 6.45) is 66.2. The highest BCUT2D eigenvalue weighted by Gasteiger charge is 2.19. The molecule has 0 radical (unpaired) electrons. The Morgan fingerprint density at radius 1 is 0.361 bits per heavy atom. The topological polar surface area (TPSA) is 78.9 Å². The quantitative estimate of drug-likeness (QED) is 0.0201. The van der Waals surface area contributed by atoms with Gasteiger partial charge in [-0.3, -0.25) is 14.4 Å². The molecule has 0 aromatic rings. The van der Waals surface area contributed by atoms with Gasteiger partial charge in [-0.25, -0.2) is 0 Å². The molecule has 0 aliphatic carbocycles. The van der Waals surface area contributed by atoms with Gasteiger partial charge in [-0.2, -0.15) is 0 Å². The van der Waals surface area contributed by atoms with E-state index in [1.807, 2.05) is 48.6 Å². The molecule has 1 atom stereocenters. The molecule has 0 aliphatic heterocycles. The SMILES string of the molecule is CC\C=C/C=C\C=C/C=C\C=C/CCCCCC(=O)OC(COC(=O)CCC/C=C\C/C=C\C/C=C\CC)COC(=O)CCCCCCCCC/C=C\C/C=C\CCCCC. The molecular formula is C55H86O6. The second kappa shape index (κ2) is 48.5. The van der Waals surface area contributed by atoms with Gasteiger partial charge in [0.15, 0.2) is 6.10 Å². The molecule has 6 nitrogen and oxygen atoms in total. The largest absolute Gasteiger partial charge is 0.462 e. The molecule has 0 bridgehead atoms. The maximum absolute atomic E-state index is 12.7. The fraction of sp³-hybridized carbons (Fsp3) is 0.582. The monoisotopic (exact) mass is 843 g/mol. The number of unbranched alkanes of at least 4 members (excludes halogenated alkanes) is 14. The summed E-state index contributed by atoms with van der Waals surface area (Å²) in [6, 6.07) is 0. The van der Waals surface area contributed by atoms with Crippen LogP contribution < -0.4 is 0 Å². The molecule has 0 saturated carbocycles. The van der Waals surface area contributed by atoms with Crippen molar-refractivity contribution in [1.29, 1.82) is 0 Å². The van der Waals surface area contributed by atoms with Gasteiger partial charge in [-0.1, -0.05) is 194 Å². The average molecular weight is 843 g/mol. The van der Waals surface area contributed by atoms with Crippen LogP contribution in [-0.2, 0) is 28.6 Å². The fourth-order valence-electron chi connectivity index (χ4n) is 5.98. The van der Waals surface area contributed by atoms with Crippen LogP contribution in [0.3, 0.4) is 0 Å². The molecule has 0 heterocycles. The van der Waals surface area contributed by atoms with Gasteiger partial charge in [-0.15, -0.1) is 0 Å². The molecule has 0 spiro atoms. The van der Waals surface area contributed by atoms with Gasteiger partial charge in [0.05, 0.1) is 0 Å². The lowest BCUT2D eigenvalue weighted by Crippen LogP contribution is -2.30. The van der Waals surface area contributed by atoms with Crippen LogP contribution in [0.25, 0.3) is 0 Å². The van der Waals surface area contributed by atoms with Crippen LogP contribution in [0.4, 0.5) is 0 Å². The molecule has 0 aromatic carbocycles. The number of rotatable bonds is 41. The van der Waals surface area contributed by atoms with Gasteiger partial charge in [0.2, 0.25) is 0 Å². The predicted octanol–water partition coefficient (Wildman–Crippen LogP) is 15.7. The molecule has 0 amide bonds. The van der Waals surface area contributed by atoms with Gasteiger partial charge in [-0.05, 0) is 96.3 Å². The standard InChI is InChI=1S/C55H86O6/c1-4-7-10-13-16-19-22-24-26-27-29-30-33-36-39-42-45-48-54(57)60-51-52(50-59-53(56)47-44-41-38-35-32-21-18-15-12-9-6-3)61-55(58)49-46-43-40-37-34-31-28-25-23-20-17-14-11-8-5-2/h8-9,11-12,14,16-21,23-26,28,31,34-35,38,52H,4-7,10,13,15,22,27,29-30,32-33,36-37,39-51H2,1-3H3/b11-8-,12-9-,17-14-,19-16-,21-18-,23-20-,26-24-,28-25-,34-31-,38-35-. The van der Waals surface area contributed by atoms with E-state index in [9.17, 15) is 14.4 Å². The van der Waals surface area contributed by atoms with Crippen LogP contribution >= 0.6 is 0 Å². The van der Waals surface area contributed by atoms with Gasteiger partial charge in [0, 0.05) is 19.3 Å². The minimum atomic E-state index is -0.826. The molecule has 0 aromatic heterocycles. The zero-order chi connectivity index (χ0) is 44.4. The van der Waals surface area contributed by atoms with Crippen LogP contribution in [0.1, 0.15) is 188 Å². The molecule has 6 heteroatoms. The van der Waals surface area contributed by atoms with Crippen LogP contribution in [0.2, 0.25) is 0 Å². The van der Waals surface area contributed by atoms with Crippen molar-refractivity contribution in [3.8, 4) is 0 Å². The Bertz CT molecular complexity index is 1340. The third-order valence-electron chi connectivity index (χ3n) is 9.56. The van der Waals surface area contributed by atoms with E-state index in [0.717, 1.165) is 83.5 Å². The van der Waals surface area contributed by atoms with E-state index in [0.29, 0.717) is 19.3 Å². The Hall–Kier alpha value is -4.19. The van der Waals surface area contributed by atoms with Crippen molar-refractivity contribution in [2.75, 3.05) is 13.2 Å². The summed E-state index contributed by atoms with van der Waals surface area (Å²) in [6.45, 7) is 6.23. The molecule has 0 rings (SSSR count). The Kier molecular flexibility index (Phi) is 45.1. The molecule has 0 aliphatic rings. The van der Waals surface area contributed by atoms with Crippen molar-refractivity contribution in [3.05, 3.63) is 122 Å². The summed E-state index contributed by atoms with van der Waals surface area (Å²) < 4.78 is 16.6. The molecule has 1 unspecified atom stereocenters. The fourth-order valence-corrected chi connectivity index (χ4v) is 5.98. The lowest BCUT2D eigenvalue weighted by Gasteiger charge is -2.18. The number of ether oxygens (including phenoxy) is 3. The summed E-state index contributed by atoms with van der Waals surface area (Å²) in [5.74, 6) is -1.04. The molecule has 61 heavy (non-hydrogen) atoms. The van der Waals surface area contributed by atoms with Crippen LogP contribution in [0.15, 0.2) is 122 Å². The van der Waals surface area contributed by atoms with Crippen LogP contribution in [-0.4, -0.2) is 37.2 Å². The Labute approximate surface area is 373 Å². The zero-order valence-corrected chi connectivity index (χ0v) is 38.9. The third kappa shape index (κ3) is 46.7. The van der Waals surface area contributed by atoms with Crippen molar-refractivity contribution in [3.63, 3.8) is 0 Å². The molecule has 0 N–H and O–H groups in total. The minimum absolute atomic E-state index is 0.119. The zero-order valence-electron chi connectivity index (χ0n) is 38.9. The van der Waals surface area contributed by atoms with Crippen molar-refractivity contribution in [2.45, 2.75) is 194 Å². The van der Waals surface area contributed by atoms with Crippen molar-refractivity contribution in [1.82, 2.24) is 0 Å². The number of esters is 3. The van der Waals surface area contributed by atoms with E-state index in [1.54, 1.807) is 0 Å². The summed E-state index contributed by atoms with van der Waals surface area (Å²) >= 11 is 0. The van der Waals surface area contributed by atoms with Crippen LogP contribution in [0.5, 0.6) is 0 Å². The summed E-state index contributed by atoms with van der Waals surface area (Å²) in [7, 11) is 0. The number of hydrogen-bond donors (Lipinski definition) is 0. The number of carbonyl (C=O) groups excluding carboxylic acids is 3. The van der Waals surface area contributed by atoms with Gasteiger partial charge in [0.1, 0.15) is 13.2 Å². The highest BCUT2D eigenvalue weighted by molar-refractivity contribution is 5.71. The van der Waals surface area contributed by atoms with Gasteiger partial charge >= 0.3 is 17.9 Å². The maximum Gasteiger partial charge on any atom is 0.306 e. The highest BCUT2D eigenvalue weighted by Crippen LogP contribution is 2.12. The first-order valence-corrected chi connectivity index (χ1v) is 24.1. The lowest BCUT2D eigenvalue weighted by molar-refractivity contribution is -0.167. The first-order chi connectivity index (χ1) is 30.0. The first-order valence-electron chi connectivity index (χ1n) is 24.1. The lowest BCUT2D eigenvalue weighted by atomic mass is 10.1. The van der Waals surface area contributed by atoms with Crippen LogP contribution in [0, 0.1) is 0 Å². The summed E-state index contributed by atoms with van der Waals surface area (Å²) in [5.41, 5.74) is 0. The first kappa shape index (κ1) is 56.8. The second-order valence-corrected chi connectivity index (χ2v) is 15.4. The van der Waals surface area contributed by atoms with Gasteiger partial charge < -0.3 is 14.2 Å². The number of hydrogen-bond acceptors (Lipinski definition) is 6. The summed E-state index contributed by atoms with van der Waals surface area (Å²) in [4.78, 5) is 37.8.